The van der Waals surface area contributed by atoms with Crippen LogP contribution < -0.4 is 9.80 Å². The summed E-state index contributed by atoms with van der Waals surface area (Å²) < 4.78 is 0. The number of piperazine rings is 1. The highest BCUT2D eigenvalue weighted by atomic mass is 16.3. The second-order valence-corrected chi connectivity index (χ2v) is 4.67. The van der Waals surface area contributed by atoms with Crippen LogP contribution in [0.1, 0.15) is 0 Å². The van der Waals surface area contributed by atoms with Gasteiger partial charge in [-0.05, 0) is 7.05 Å². The summed E-state index contributed by atoms with van der Waals surface area (Å²) >= 11 is 0. The third-order valence-corrected chi connectivity index (χ3v) is 3.29. The van der Waals surface area contributed by atoms with E-state index < -0.39 is 0 Å². The maximum absolute atomic E-state index is 8.94. The summed E-state index contributed by atoms with van der Waals surface area (Å²) in [5, 5.41) is 8.94. The van der Waals surface area contributed by atoms with Crippen LogP contribution in [0.15, 0.2) is 12.4 Å². The topological polar surface area (TPSA) is 55.7 Å². The van der Waals surface area contributed by atoms with Crippen LogP contribution in [0.4, 0.5) is 11.6 Å². The Bertz CT molecular complexity index is 378. The number of anilines is 2. The first-order valence-electron chi connectivity index (χ1n) is 6.28. The highest BCUT2D eigenvalue weighted by Gasteiger charge is 2.16. The van der Waals surface area contributed by atoms with Gasteiger partial charge in [0.1, 0.15) is 18.0 Å². The van der Waals surface area contributed by atoms with Gasteiger partial charge in [0.15, 0.2) is 0 Å². The number of likely N-dealkylation sites (N-methyl/N-ethyl adjacent to an activating group) is 2. The van der Waals surface area contributed by atoms with E-state index >= 15 is 0 Å². The van der Waals surface area contributed by atoms with Crippen LogP contribution in [0.2, 0.25) is 0 Å². The molecule has 0 aromatic carbocycles. The van der Waals surface area contributed by atoms with Crippen molar-refractivity contribution in [2.75, 3.05) is 63.2 Å². The summed E-state index contributed by atoms with van der Waals surface area (Å²) in [6.07, 6.45) is 1.59. The van der Waals surface area contributed by atoms with Crippen LogP contribution in [-0.2, 0) is 0 Å². The van der Waals surface area contributed by atoms with Gasteiger partial charge < -0.3 is 19.8 Å². The van der Waals surface area contributed by atoms with Crippen LogP contribution >= 0.6 is 0 Å². The molecule has 1 aliphatic heterocycles. The Morgan fingerprint density at radius 3 is 2.67 bits per heavy atom. The minimum Gasteiger partial charge on any atom is -0.395 e. The third kappa shape index (κ3) is 3.08. The van der Waals surface area contributed by atoms with Crippen LogP contribution in [0.25, 0.3) is 0 Å². The Balaban J connectivity index is 2.07. The number of aromatic nitrogens is 2. The molecule has 0 saturated carbocycles. The molecule has 0 radical (unpaired) electrons. The van der Waals surface area contributed by atoms with Gasteiger partial charge in [-0.15, -0.1) is 0 Å². The molecule has 1 aromatic rings. The van der Waals surface area contributed by atoms with E-state index in [-0.39, 0.29) is 6.61 Å². The molecular weight excluding hydrogens is 230 g/mol. The molecule has 0 aliphatic carbocycles. The number of hydrogen-bond acceptors (Lipinski definition) is 6. The van der Waals surface area contributed by atoms with Gasteiger partial charge in [0.2, 0.25) is 0 Å². The standard InChI is InChI=1S/C12H21N5O/c1-15-3-5-17(6-4-15)12-9-11(13-10-14-12)16(2)7-8-18/h9-10,18H,3-8H2,1-2H3. The first-order chi connectivity index (χ1) is 8.70. The minimum absolute atomic E-state index is 0.129. The van der Waals surface area contributed by atoms with Crippen molar-refractivity contribution in [1.82, 2.24) is 14.9 Å². The zero-order valence-electron chi connectivity index (χ0n) is 11.1. The quantitative estimate of drug-likeness (QED) is 0.790. The summed E-state index contributed by atoms with van der Waals surface area (Å²) in [5.74, 6) is 1.82. The second kappa shape index (κ2) is 5.97. The Kier molecular flexibility index (Phi) is 4.33. The lowest BCUT2D eigenvalue weighted by Gasteiger charge is -2.33. The Morgan fingerprint density at radius 1 is 1.28 bits per heavy atom. The fraction of sp³-hybridized carbons (Fsp3) is 0.667. The molecule has 0 unspecified atom stereocenters. The van der Waals surface area contributed by atoms with Crippen molar-refractivity contribution >= 4 is 11.6 Å². The summed E-state index contributed by atoms with van der Waals surface area (Å²) in [5.41, 5.74) is 0. The van der Waals surface area contributed by atoms with Crippen LogP contribution in [0.5, 0.6) is 0 Å². The number of nitrogens with zero attached hydrogens (tertiary/aromatic N) is 5. The molecule has 18 heavy (non-hydrogen) atoms. The molecule has 2 heterocycles. The molecule has 1 aromatic heterocycles. The van der Waals surface area contributed by atoms with E-state index in [2.05, 4.69) is 26.8 Å². The van der Waals surface area contributed by atoms with E-state index in [1.54, 1.807) is 6.33 Å². The summed E-state index contributed by atoms with van der Waals surface area (Å²) in [6, 6.07) is 1.99. The van der Waals surface area contributed by atoms with Crippen LogP contribution in [0.3, 0.4) is 0 Å². The number of aliphatic hydroxyl groups excluding tert-OH is 1. The largest absolute Gasteiger partial charge is 0.395 e. The first-order valence-corrected chi connectivity index (χ1v) is 6.28. The molecule has 1 N–H and O–H groups in total. The van der Waals surface area contributed by atoms with E-state index in [4.69, 9.17) is 5.11 Å². The average molecular weight is 251 g/mol. The van der Waals surface area contributed by atoms with Gasteiger partial charge in [-0.3, -0.25) is 0 Å². The highest BCUT2D eigenvalue weighted by Crippen LogP contribution is 2.17. The molecule has 0 bridgehead atoms. The van der Waals surface area contributed by atoms with E-state index in [1.165, 1.54) is 0 Å². The minimum atomic E-state index is 0.129. The van der Waals surface area contributed by atoms with Crippen LogP contribution in [0, 0.1) is 0 Å². The molecule has 0 spiro atoms. The van der Waals surface area contributed by atoms with Crippen molar-refractivity contribution in [3.63, 3.8) is 0 Å². The van der Waals surface area contributed by atoms with E-state index in [0.29, 0.717) is 6.54 Å². The smallest absolute Gasteiger partial charge is 0.134 e. The van der Waals surface area contributed by atoms with Crippen molar-refractivity contribution in [3.05, 3.63) is 12.4 Å². The summed E-state index contributed by atoms with van der Waals surface area (Å²) in [7, 11) is 4.06. The number of rotatable bonds is 4. The lowest BCUT2D eigenvalue weighted by Crippen LogP contribution is -2.44. The molecule has 1 fully saturated rings. The molecule has 2 rings (SSSR count). The zero-order chi connectivity index (χ0) is 13.0. The molecule has 0 amide bonds. The molecule has 6 heteroatoms. The Morgan fingerprint density at radius 2 is 2.00 bits per heavy atom. The van der Waals surface area contributed by atoms with Gasteiger partial charge >= 0.3 is 0 Å². The third-order valence-electron chi connectivity index (χ3n) is 3.29. The van der Waals surface area contributed by atoms with Gasteiger partial charge in [-0.1, -0.05) is 0 Å². The fourth-order valence-electron chi connectivity index (χ4n) is 2.02. The van der Waals surface area contributed by atoms with Crippen LogP contribution in [-0.4, -0.2) is 73.4 Å². The predicted octanol–water partition coefficient (Wildman–Crippen LogP) is -0.343. The van der Waals surface area contributed by atoms with Crippen molar-refractivity contribution in [2.45, 2.75) is 0 Å². The fourth-order valence-corrected chi connectivity index (χ4v) is 2.02. The van der Waals surface area contributed by atoms with Gasteiger partial charge in [0.25, 0.3) is 0 Å². The molecular formula is C12H21N5O. The van der Waals surface area contributed by atoms with Gasteiger partial charge in [-0.25, -0.2) is 9.97 Å². The average Bonchev–Trinajstić information content (AvgIpc) is 2.40. The van der Waals surface area contributed by atoms with E-state index in [9.17, 15) is 0 Å². The highest BCUT2D eigenvalue weighted by molar-refractivity contribution is 5.49. The lowest BCUT2D eigenvalue weighted by molar-refractivity contribution is 0.303. The maximum atomic E-state index is 8.94. The number of hydrogen-bond donors (Lipinski definition) is 1. The number of aliphatic hydroxyl groups is 1. The lowest BCUT2D eigenvalue weighted by atomic mass is 10.3. The summed E-state index contributed by atoms with van der Waals surface area (Å²) in [4.78, 5) is 15.1. The molecule has 1 aliphatic rings. The second-order valence-electron chi connectivity index (χ2n) is 4.67. The van der Waals surface area contributed by atoms with Crippen molar-refractivity contribution < 1.29 is 5.11 Å². The Hall–Kier alpha value is -1.40. The Labute approximate surface area is 108 Å². The van der Waals surface area contributed by atoms with Crippen molar-refractivity contribution in [1.29, 1.82) is 0 Å². The normalized spacial score (nSPS) is 16.9. The van der Waals surface area contributed by atoms with Gasteiger partial charge in [0, 0.05) is 45.8 Å². The maximum Gasteiger partial charge on any atom is 0.134 e. The van der Waals surface area contributed by atoms with E-state index in [0.717, 1.165) is 37.8 Å². The van der Waals surface area contributed by atoms with Gasteiger partial charge in [-0.2, -0.15) is 0 Å². The molecule has 6 nitrogen and oxygen atoms in total. The molecule has 0 atom stereocenters. The monoisotopic (exact) mass is 251 g/mol. The van der Waals surface area contributed by atoms with Crippen molar-refractivity contribution in [2.24, 2.45) is 0 Å². The molecule has 100 valence electrons. The first kappa shape index (κ1) is 13.0. The molecule has 1 saturated heterocycles. The van der Waals surface area contributed by atoms with Crippen molar-refractivity contribution in [3.8, 4) is 0 Å². The van der Waals surface area contributed by atoms with Gasteiger partial charge in [0.05, 0.1) is 6.61 Å². The zero-order valence-corrected chi connectivity index (χ0v) is 11.1. The summed E-state index contributed by atoms with van der Waals surface area (Å²) in [6.45, 7) is 4.83. The predicted molar refractivity (Wildman–Crippen MR) is 72.1 cm³/mol. The van der Waals surface area contributed by atoms with E-state index in [1.807, 2.05) is 18.0 Å². The SMILES string of the molecule is CN1CCN(c2cc(N(C)CCO)ncn2)CC1.